The topological polar surface area (TPSA) is 0 Å². The monoisotopic (exact) mass is 1630 g/mol. The molecule has 6 bridgehead atoms. The van der Waals surface area contributed by atoms with Crippen molar-refractivity contribution in [3.05, 3.63) is 130 Å². The molecule has 0 aromatic heterocycles. The maximum absolute atomic E-state index is 4.33. The van der Waals surface area contributed by atoms with Gasteiger partial charge in [0.1, 0.15) is 0 Å². The van der Waals surface area contributed by atoms with Gasteiger partial charge in [0.05, 0.1) is 0 Å². The Morgan fingerprint density at radius 1 is 0.367 bits per heavy atom. The van der Waals surface area contributed by atoms with E-state index in [-0.39, 0.29) is 0 Å². The molecule has 21 aliphatic carbocycles. The second kappa shape index (κ2) is 33.6. The normalized spacial score (nSPS) is 46.2. The summed E-state index contributed by atoms with van der Waals surface area (Å²) in [4.78, 5) is 0. The Balaban J connectivity index is 0.000000112. The first-order chi connectivity index (χ1) is 55.9. The fraction of sp³-hybridized carbons (Fsp3) is 0.817. The Labute approximate surface area is 745 Å². The Morgan fingerprint density at radius 2 is 0.967 bits per heavy atom. The van der Waals surface area contributed by atoms with Gasteiger partial charge >= 0.3 is 0 Å². The van der Waals surface area contributed by atoms with Crippen LogP contribution in [0.4, 0.5) is 0 Å². The van der Waals surface area contributed by atoms with Crippen molar-refractivity contribution >= 4 is 0 Å². The second-order valence-corrected chi connectivity index (χ2v) is 54.6. The molecule has 0 amide bonds. The van der Waals surface area contributed by atoms with Crippen LogP contribution in [0.5, 0.6) is 0 Å². The van der Waals surface area contributed by atoms with Gasteiger partial charge in [-0.25, -0.2) is 0 Å². The van der Waals surface area contributed by atoms with Crippen LogP contribution in [0.1, 0.15) is 457 Å². The maximum Gasteiger partial charge on any atom is -0.00259 e. The maximum atomic E-state index is 4.33. The number of hydrogen-bond donors (Lipinski definition) is 0. The van der Waals surface area contributed by atoms with Crippen molar-refractivity contribution in [3.8, 4) is 0 Å². The minimum atomic E-state index is 0.471. The van der Waals surface area contributed by atoms with Crippen molar-refractivity contribution in [1.29, 1.82) is 0 Å². The van der Waals surface area contributed by atoms with Crippen LogP contribution in [0.3, 0.4) is 0 Å². The first-order valence-electron chi connectivity index (χ1n) is 52.3. The van der Waals surface area contributed by atoms with E-state index in [0.29, 0.717) is 86.6 Å². The van der Waals surface area contributed by atoms with E-state index in [9.17, 15) is 0 Å². The molecule has 120 heavy (non-hydrogen) atoms. The summed E-state index contributed by atoms with van der Waals surface area (Å²) < 4.78 is 0. The molecular weight excluding hydrogens is 1440 g/mol. The summed E-state index contributed by atoms with van der Waals surface area (Å²) in [6, 6.07) is 0. The molecule has 13 fully saturated rings. The minimum Gasteiger partial charge on any atom is -0.0996 e. The van der Waals surface area contributed by atoms with Gasteiger partial charge in [0.25, 0.3) is 0 Å². The van der Waals surface area contributed by atoms with E-state index >= 15 is 0 Å². The highest BCUT2D eigenvalue weighted by Gasteiger charge is 2.70. The first kappa shape index (κ1) is 93.3. The lowest BCUT2D eigenvalue weighted by molar-refractivity contribution is -0.109. The molecule has 0 N–H and O–H groups in total. The molecule has 0 aliphatic heterocycles. The third-order valence-electron chi connectivity index (χ3n) is 43.1. The number of allylic oxidation sites excluding steroid dienone is 20. The fourth-order valence-corrected chi connectivity index (χ4v) is 35.6. The predicted molar refractivity (Wildman–Crippen MR) is 523 cm³/mol. The quantitative estimate of drug-likeness (QED) is 0.212. The molecule has 0 aromatic rings. The van der Waals surface area contributed by atoms with Crippen LogP contribution in [-0.4, -0.2) is 0 Å². The molecular formula is C120H192. The number of fused-ring (bicyclic) bond motifs is 11. The number of rotatable bonds is 0. The molecule has 0 nitrogen and oxygen atoms in total. The van der Waals surface area contributed by atoms with Gasteiger partial charge in [-0.1, -0.05) is 281 Å². The fourth-order valence-electron chi connectivity index (χ4n) is 35.6. The predicted octanol–water partition coefficient (Wildman–Crippen LogP) is 37.0. The summed E-state index contributed by atoms with van der Waals surface area (Å²) >= 11 is 0. The zero-order valence-electron chi connectivity index (χ0n) is 84.4. The van der Waals surface area contributed by atoms with Crippen LogP contribution in [-0.2, 0) is 0 Å². The summed E-state index contributed by atoms with van der Waals surface area (Å²) in [5, 5.41) is 0. The molecule has 0 radical (unpaired) electrons. The summed E-state index contributed by atoms with van der Waals surface area (Å²) in [5.41, 5.74) is 26.3. The highest BCUT2D eigenvalue weighted by molar-refractivity contribution is 5.34. The van der Waals surface area contributed by atoms with Crippen LogP contribution in [0, 0.1) is 164 Å². The molecule has 0 aromatic carbocycles. The minimum absolute atomic E-state index is 0.471. The molecule has 0 saturated heterocycles. The highest BCUT2D eigenvalue weighted by atomic mass is 14.7. The lowest BCUT2D eigenvalue weighted by Crippen LogP contribution is -2.56. The van der Waals surface area contributed by atoms with E-state index in [4.69, 9.17) is 0 Å². The molecule has 18 unspecified atom stereocenters. The van der Waals surface area contributed by atoms with Crippen molar-refractivity contribution < 1.29 is 0 Å². The summed E-state index contributed by atoms with van der Waals surface area (Å²) in [6.07, 6.45) is 83.6. The zero-order valence-corrected chi connectivity index (χ0v) is 84.4. The van der Waals surface area contributed by atoms with Gasteiger partial charge in [0, 0.05) is 0 Å². The molecule has 21 atom stereocenters. The molecule has 0 heterocycles. The summed E-state index contributed by atoms with van der Waals surface area (Å²) in [7, 11) is 0. The van der Waals surface area contributed by atoms with E-state index in [1.807, 2.05) is 0 Å². The van der Waals surface area contributed by atoms with Crippen LogP contribution in [0.15, 0.2) is 130 Å². The van der Waals surface area contributed by atoms with E-state index < -0.39 is 0 Å². The summed E-state index contributed by atoms with van der Waals surface area (Å²) in [5.74, 6) is 12.2. The van der Waals surface area contributed by atoms with Crippen molar-refractivity contribution in [3.63, 3.8) is 0 Å². The standard InChI is InChI=1S/C16H26.6C15H24.C14H22/c1-12-7-5-6-8-13(2)14-11-16(3,4)15(14)10-9-12;1-11-6-5-8-14(4)12-7-9-15(11,14)10-13(12,2)3;1-10-6-5-7-15(4)11(10)8-12-13(15)9-14(12,2)3;1-13(2)9-10-15-7-4-6-14(3,11-15)8-5-12(13)15;1-14(2)10-13-12(14)7-6-11-5-4-8-15(13,3)9-11;2*1-11-6-5-7-12(2)13-10-15(3,4)14(13)9-8-11;1-12(2)10-14-8-5-4-7-13(14,3)9-6-11(12)14/h7,14-15H,2,5-6,8-11H2,1,3-4H3;6,12H,5,7-10H2,1-4H3;6,11-13H,5,7-9H2,1-4H3;9-10,12H,4-8,11H2,1-3H3;5,12-13H,4,6-10H2,1-3H3;8,14H,5-7,9-10H2,1-4H3;8,13-14H,2,5-7,9-10H2,1,3-4H3;5,8,11H,4,6-7,9-10H2,1-3H3/b12-7-;;;;;11-8-,13-12-;11-8-;/t14-,15-;12?,14-,15?;;;;;;/m10....../s1. The van der Waals surface area contributed by atoms with Crippen LogP contribution in [0.2, 0.25) is 0 Å². The molecule has 21 aliphatic rings. The Hall–Kier alpha value is -2.86. The van der Waals surface area contributed by atoms with Gasteiger partial charge in [-0.15, -0.1) is 0 Å². The lowest BCUT2D eigenvalue weighted by Gasteiger charge is -2.63. The van der Waals surface area contributed by atoms with Gasteiger partial charge in [-0.05, 0) is 468 Å². The van der Waals surface area contributed by atoms with Crippen LogP contribution >= 0.6 is 0 Å². The van der Waals surface area contributed by atoms with Crippen molar-refractivity contribution in [1.82, 2.24) is 0 Å². The molecule has 13 saturated carbocycles. The Morgan fingerprint density at radius 3 is 1.62 bits per heavy atom. The van der Waals surface area contributed by atoms with E-state index in [2.05, 4.69) is 261 Å². The van der Waals surface area contributed by atoms with Gasteiger partial charge in [0.15, 0.2) is 0 Å². The van der Waals surface area contributed by atoms with Gasteiger partial charge in [-0.2, -0.15) is 0 Å². The molecule has 2 spiro atoms. The third-order valence-corrected chi connectivity index (χ3v) is 43.1. The summed E-state index contributed by atoms with van der Waals surface area (Å²) in [6.45, 7) is 74.8. The van der Waals surface area contributed by atoms with E-state index in [1.54, 1.807) is 44.6 Å². The van der Waals surface area contributed by atoms with E-state index in [1.165, 1.54) is 281 Å². The van der Waals surface area contributed by atoms with Crippen molar-refractivity contribution in [2.24, 2.45) is 164 Å². The van der Waals surface area contributed by atoms with Crippen LogP contribution in [0.25, 0.3) is 0 Å². The Kier molecular flexibility index (Phi) is 26.1. The van der Waals surface area contributed by atoms with E-state index in [0.717, 1.165) is 76.9 Å². The molecule has 21 rings (SSSR count). The van der Waals surface area contributed by atoms with Gasteiger partial charge < -0.3 is 0 Å². The van der Waals surface area contributed by atoms with Crippen LogP contribution < -0.4 is 0 Å². The van der Waals surface area contributed by atoms with Gasteiger partial charge in [0.2, 0.25) is 0 Å². The average molecular weight is 1630 g/mol. The average Bonchev–Trinajstić information content (AvgIpc) is 1.51. The van der Waals surface area contributed by atoms with Crippen molar-refractivity contribution in [2.75, 3.05) is 0 Å². The zero-order chi connectivity index (χ0) is 87.0. The first-order valence-corrected chi connectivity index (χ1v) is 52.3. The Bertz CT molecular complexity index is 4040. The molecule has 0 heteroatoms. The van der Waals surface area contributed by atoms with Gasteiger partial charge in [-0.3, -0.25) is 0 Å². The third kappa shape index (κ3) is 17.2. The van der Waals surface area contributed by atoms with Crippen molar-refractivity contribution in [2.45, 2.75) is 457 Å². The highest BCUT2D eigenvalue weighted by Crippen LogP contribution is 2.79. The second-order valence-electron chi connectivity index (χ2n) is 54.6. The SMILES string of the molecule is C/C1=C/CC2/C(=C(/C)CCC1)CC2(C)C.C=C1CCC/C(C)=C\CC2C1CC2(C)C.C=C1CCC/C=C(/C)CC[C@@H]2[C@@H]1CC2(C)C.CC1(C)CC23C=CCCC2(C)CCC13.CC1(C)CC2C1CCC1=CCCC2(C)C1.CC12CCCC3(C=CC(C)(C)C3CC1)C2.CC1=CCCC2(C)C1CC1C2CC1(C)C.CC1=CCC[C@@]2(C)C3CCC12CC3(C)C. The largest absolute Gasteiger partial charge is 0.0996 e. The smallest absolute Gasteiger partial charge is 0.00259 e. The lowest BCUT2D eigenvalue weighted by atomic mass is 9.41. The molecule has 672 valence electrons. The number of hydrogen-bond acceptors (Lipinski definition) is 0.